The Kier molecular flexibility index (Phi) is 3.25. The first-order chi connectivity index (χ1) is 5.70. The predicted molar refractivity (Wildman–Crippen MR) is 58.5 cm³/mol. The molecule has 12 heavy (non-hydrogen) atoms. The zero-order valence-electron chi connectivity index (χ0n) is 6.92. The van der Waals surface area contributed by atoms with Crippen molar-refractivity contribution in [1.82, 2.24) is 0 Å². The first kappa shape index (κ1) is 9.70. The highest BCUT2D eigenvalue weighted by atomic mass is 127. The lowest BCUT2D eigenvalue weighted by molar-refractivity contribution is 0.320. The highest BCUT2D eigenvalue weighted by Gasteiger charge is 2.29. The summed E-state index contributed by atoms with van der Waals surface area (Å²) in [6.07, 6.45) is 2.32. The van der Waals surface area contributed by atoms with Gasteiger partial charge in [-0.2, -0.15) is 0 Å². The van der Waals surface area contributed by atoms with Crippen LogP contribution < -0.4 is 0 Å². The van der Waals surface area contributed by atoms with E-state index in [0.29, 0.717) is 15.3 Å². The van der Waals surface area contributed by atoms with Gasteiger partial charge < -0.3 is 5.21 Å². The molecule has 1 aliphatic carbocycles. The summed E-state index contributed by atoms with van der Waals surface area (Å²) in [7, 11) is 1.67. The van der Waals surface area contributed by atoms with Crippen molar-refractivity contribution in [2.45, 2.75) is 12.8 Å². The normalized spacial score (nSPS) is 19.5. The van der Waals surface area contributed by atoms with Crippen molar-refractivity contribution in [3.8, 4) is 0 Å². The monoisotopic (exact) mass is 278 g/mol. The fourth-order valence-electron chi connectivity index (χ4n) is 0.969. The SMILES string of the molecule is C=C(C(=NO)C(I)=NC)C1CC1. The predicted octanol–water partition coefficient (Wildman–Crippen LogP) is 2.25. The van der Waals surface area contributed by atoms with Crippen molar-refractivity contribution >= 4 is 32.0 Å². The van der Waals surface area contributed by atoms with E-state index in [-0.39, 0.29) is 0 Å². The van der Waals surface area contributed by atoms with Crippen LogP contribution in [0.4, 0.5) is 0 Å². The summed E-state index contributed by atoms with van der Waals surface area (Å²) < 4.78 is 0.715. The molecule has 0 aliphatic heterocycles. The molecule has 3 nitrogen and oxygen atoms in total. The maximum absolute atomic E-state index is 8.72. The van der Waals surface area contributed by atoms with Gasteiger partial charge in [0, 0.05) is 7.05 Å². The minimum absolute atomic E-state index is 0.516. The van der Waals surface area contributed by atoms with Crippen LogP contribution in [0.15, 0.2) is 22.3 Å². The molecule has 4 heteroatoms. The van der Waals surface area contributed by atoms with Crippen molar-refractivity contribution < 1.29 is 5.21 Å². The van der Waals surface area contributed by atoms with Gasteiger partial charge in [-0.05, 0) is 46.9 Å². The molecule has 0 amide bonds. The molecule has 0 radical (unpaired) electrons. The van der Waals surface area contributed by atoms with E-state index in [0.717, 1.165) is 18.4 Å². The number of allylic oxidation sites excluding steroid dienone is 1. The van der Waals surface area contributed by atoms with Gasteiger partial charge in [0.25, 0.3) is 0 Å². The smallest absolute Gasteiger partial charge is 0.136 e. The lowest BCUT2D eigenvalue weighted by atomic mass is 10.1. The average Bonchev–Trinajstić information content (AvgIpc) is 2.87. The Morgan fingerprint density at radius 3 is 2.50 bits per heavy atom. The number of oxime groups is 1. The minimum Gasteiger partial charge on any atom is -0.410 e. The Bertz CT molecular complexity index is 254. The summed E-state index contributed by atoms with van der Waals surface area (Å²) in [5.74, 6) is 0.516. The molecule has 0 spiro atoms. The fraction of sp³-hybridized carbons (Fsp3) is 0.500. The van der Waals surface area contributed by atoms with Crippen LogP contribution >= 0.6 is 22.6 Å². The summed E-state index contributed by atoms with van der Waals surface area (Å²) in [5.41, 5.74) is 1.45. The molecule has 0 aromatic carbocycles. The summed E-state index contributed by atoms with van der Waals surface area (Å²) in [6.45, 7) is 3.88. The van der Waals surface area contributed by atoms with Crippen molar-refractivity contribution in [3.63, 3.8) is 0 Å². The zero-order valence-corrected chi connectivity index (χ0v) is 9.08. The summed E-state index contributed by atoms with van der Waals surface area (Å²) in [4.78, 5) is 3.94. The lowest BCUT2D eigenvalue weighted by Crippen LogP contribution is -2.11. The van der Waals surface area contributed by atoms with Crippen LogP contribution in [-0.4, -0.2) is 21.7 Å². The Morgan fingerprint density at radius 1 is 1.58 bits per heavy atom. The van der Waals surface area contributed by atoms with Gasteiger partial charge in [-0.15, -0.1) is 0 Å². The molecule has 1 aliphatic rings. The van der Waals surface area contributed by atoms with Crippen molar-refractivity contribution in [2.24, 2.45) is 16.1 Å². The van der Waals surface area contributed by atoms with Crippen LogP contribution in [0.5, 0.6) is 0 Å². The molecular weight excluding hydrogens is 267 g/mol. The van der Waals surface area contributed by atoms with Gasteiger partial charge in [-0.25, -0.2) is 0 Å². The molecule has 0 aromatic heterocycles. The number of nitrogens with zero attached hydrogens (tertiary/aromatic N) is 2. The van der Waals surface area contributed by atoms with Crippen LogP contribution in [0, 0.1) is 5.92 Å². The maximum Gasteiger partial charge on any atom is 0.136 e. The topological polar surface area (TPSA) is 45.0 Å². The van der Waals surface area contributed by atoms with Gasteiger partial charge >= 0.3 is 0 Å². The van der Waals surface area contributed by atoms with Gasteiger partial charge in [0.2, 0.25) is 0 Å². The van der Waals surface area contributed by atoms with E-state index < -0.39 is 0 Å². The molecule has 0 aromatic rings. The number of hydrogen-bond acceptors (Lipinski definition) is 3. The first-order valence-corrected chi connectivity index (χ1v) is 4.82. The van der Waals surface area contributed by atoms with Gasteiger partial charge in [0.15, 0.2) is 0 Å². The van der Waals surface area contributed by atoms with E-state index in [9.17, 15) is 0 Å². The van der Waals surface area contributed by atoms with Crippen LogP contribution in [0.2, 0.25) is 0 Å². The molecule has 0 atom stereocenters. The van der Waals surface area contributed by atoms with E-state index >= 15 is 0 Å². The molecule has 1 saturated carbocycles. The summed E-state index contributed by atoms with van der Waals surface area (Å²) in [6, 6.07) is 0. The third-order valence-electron chi connectivity index (χ3n) is 1.87. The molecule has 0 saturated heterocycles. The second-order valence-electron chi connectivity index (χ2n) is 2.76. The van der Waals surface area contributed by atoms with Gasteiger partial charge in [-0.3, -0.25) is 4.99 Å². The van der Waals surface area contributed by atoms with Crippen LogP contribution in [0.25, 0.3) is 0 Å². The quantitative estimate of drug-likeness (QED) is 0.366. The van der Waals surface area contributed by atoms with Crippen LogP contribution in [0.3, 0.4) is 0 Å². The van der Waals surface area contributed by atoms with Crippen molar-refractivity contribution in [3.05, 3.63) is 12.2 Å². The second kappa shape index (κ2) is 4.02. The third kappa shape index (κ3) is 2.06. The van der Waals surface area contributed by atoms with Gasteiger partial charge in [0.1, 0.15) is 9.43 Å². The summed E-state index contributed by atoms with van der Waals surface area (Å²) in [5, 5.41) is 11.9. The highest BCUT2D eigenvalue weighted by Crippen LogP contribution is 2.36. The molecular formula is C8H11IN2O. The maximum atomic E-state index is 8.72. The molecule has 1 N–H and O–H groups in total. The second-order valence-corrected chi connectivity index (χ2v) is 3.78. The van der Waals surface area contributed by atoms with E-state index in [1.807, 2.05) is 22.6 Å². The molecule has 0 heterocycles. The molecule has 0 unspecified atom stereocenters. The third-order valence-corrected chi connectivity index (χ3v) is 2.86. The number of halogens is 1. The van der Waals surface area contributed by atoms with E-state index in [1.165, 1.54) is 0 Å². The zero-order chi connectivity index (χ0) is 9.14. The summed E-state index contributed by atoms with van der Waals surface area (Å²) >= 11 is 2.04. The Hall–Kier alpha value is -0.390. The number of rotatable bonds is 3. The average molecular weight is 278 g/mol. The lowest BCUT2D eigenvalue weighted by Gasteiger charge is -2.03. The largest absolute Gasteiger partial charge is 0.410 e. The van der Waals surface area contributed by atoms with E-state index in [4.69, 9.17) is 5.21 Å². The minimum atomic E-state index is 0.516. The van der Waals surface area contributed by atoms with Gasteiger partial charge in [-0.1, -0.05) is 11.7 Å². The number of hydrogen-bond donors (Lipinski definition) is 1. The molecule has 0 bridgehead atoms. The first-order valence-electron chi connectivity index (χ1n) is 3.74. The van der Waals surface area contributed by atoms with Crippen molar-refractivity contribution in [1.29, 1.82) is 0 Å². The molecule has 1 rings (SSSR count). The van der Waals surface area contributed by atoms with Gasteiger partial charge in [0.05, 0.1) is 0 Å². The Morgan fingerprint density at radius 2 is 2.17 bits per heavy atom. The van der Waals surface area contributed by atoms with Crippen molar-refractivity contribution in [2.75, 3.05) is 7.05 Å². The Labute approximate surface area is 85.4 Å². The van der Waals surface area contributed by atoms with Crippen LogP contribution in [-0.2, 0) is 0 Å². The standard InChI is InChI=1S/C8H11IN2O/c1-5(6-3-4-6)7(11-12)8(9)10-2/h6,12H,1,3-4H2,2H3. The van der Waals surface area contributed by atoms with E-state index in [2.05, 4.69) is 16.7 Å². The van der Waals surface area contributed by atoms with E-state index in [1.54, 1.807) is 7.05 Å². The van der Waals surface area contributed by atoms with Crippen LogP contribution in [0.1, 0.15) is 12.8 Å². The molecule has 1 fully saturated rings. The fourth-order valence-corrected chi connectivity index (χ4v) is 1.42. The molecule has 66 valence electrons. The highest BCUT2D eigenvalue weighted by molar-refractivity contribution is 14.1. The Balaban J connectivity index is 2.75. The number of aliphatic imine (C=N–C) groups is 1.